The van der Waals surface area contributed by atoms with E-state index >= 15 is 0 Å². The lowest BCUT2D eigenvalue weighted by atomic mass is 10.3. The van der Waals surface area contributed by atoms with E-state index in [1.54, 1.807) is 17.7 Å². The van der Waals surface area contributed by atoms with Gasteiger partial charge in [0.25, 0.3) is 0 Å². The van der Waals surface area contributed by atoms with Crippen molar-refractivity contribution in [1.29, 1.82) is 0 Å². The molecule has 0 spiro atoms. The second kappa shape index (κ2) is 5.68. The van der Waals surface area contributed by atoms with Crippen molar-refractivity contribution in [3.05, 3.63) is 29.5 Å². The first-order valence-corrected chi connectivity index (χ1v) is 6.27. The molecule has 0 radical (unpaired) electrons. The Hall–Kier alpha value is -2.44. The Bertz CT molecular complexity index is 636. The van der Waals surface area contributed by atoms with E-state index in [4.69, 9.17) is 0 Å². The number of hydrogen-bond acceptors (Lipinski definition) is 6. The van der Waals surface area contributed by atoms with E-state index in [2.05, 4.69) is 25.1 Å². The van der Waals surface area contributed by atoms with Crippen LogP contribution in [-0.4, -0.2) is 32.8 Å². The highest BCUT2D eigenvalue weighted by Crippen LogP contribution is 2.19. The first-order valence-electron chi connectivity index (χ1n) is 6.27. The van der Waals surface area contributed by atoms with Gasteiger partial charge in [0.2, 0.25) is 5.82 Å². The molecule has 2 rings (SSSR count). The van der Waals surface area contributed by atoms with Crippen LogP contribution in [-0.2, 0) is 18.2 Å². The van der Waals surface area contributed by atoms with E-state index in [1.165, 1.54) is 7.11 Å². The molecule has 0 saturated heterocycles. The summed E-state index contributed by atoms with van der Waals surface area (Å²) in [4.78, 5) is 19.7. The molecule has 20 heavy (non-hydrogen) atoms. The largest absolute Gasteiger partial charge is 0.463 e. The van der Waals surface area contributed by atoms with Gasteiger partial charge in [0, 0.05) is 25.0 Å². The Morgan fingerprint density at radius 2 is 2.20 bits per heavy atom. The highest BCUT2D eigenvalue weighted by Gasteiger charge is 2.13. The molecule has 0 saturated carbocycles. The van der Waals surface area contributed by atoms with Crippen molar-refractivity contribution in [2.24, 2.45) is 7.05 Å². The first kappa shape index (κ1) is 14.0. The number of nitrogens with one attached hydrogen (secondary N) is 1. The fraction of sp³-hybridized carbons (Fsp3) is 0.385. The number of ether oxygens (including phenoxy) is 1. The number of hydrogen-bond donors (Lipinski definition) is 1. The fourth-order valence-corrected chi connectivity index (χ4v) is 1.85. The van der Waals surface area contributed by atoms with Crippen molar-refractivity contribution in [3.63, 3.8) is 0 Å². The number of aromatic nitrogens is 4. The summed E-state index contributed by atoms with van der Waals surface area (Å²) in [5.41, 5.74) is 2.48. The Labute approximate surface area is 117 Å². The molecule has 0 unspecified atom stereocenters. The molecular formula is C13H17N5O2. The number of nitrogens with zero attached hydrogens (tertiary/aromatic N) is 4. The second-order valence-electron chi connectivity index (χ2n) is 4.35. The third-order valence-electron chi connectivity index (χ3n) is 2.73. The van der Waals surface area contributed by atoms with Crippen molar-refractivity contribution in [2.45, 2.75) is 20.3 Å². The minimum Gasteiger partial charge on any atom is -0.463 e. The maximum Gasteiger partial charge on any atom is 0.376 e. The summed E-state index contributed by atoms with van der Waals surface area (Å²) in [5.74, 6) is 0.0243. The van der Waals surface area contributed by atoms with Crippen molar-refractivity contribution >= 4 is 17.5 Å². The molecule has 2 heterocycles. The molecule has 0 aliphatic heterocycles. The van der Waals surface area contributed by atoms with Crippen LogP contribution in [0.5, 0.6) is 0 Å². The molecule has 0 bridgehead atoms. The van der Waals surface area contributed by atoms with Crippen LogP contribution in [0.25, 0.3) is 0 Å². The first-order chi connectivity index (χ1) is 9.53. The smallest absolute Gasteiger partial charge is 0.376 e. The van der Waals surface area contributed by atoms with Gasteiger partial charge in [-0.1, -0.05) is 6.92 Å². The van der Waals surface area contributed by atoms with Crippen LogP contribution in [0.3, 0.4) is 0 Å². The molecule has 0 aliphatic rings. The van der Waals surface area contributed by atoms with Gasteiger partial charge in [-0.05, 0) is 13.3 Å². The fourth-order valence-electron chi connectivity index (χ4n) is 1.85. The molecule has 1 N–H and O–H groups in total. The zero-order chi connectivity index (χ0) is 14.7. The minimum atomic E-state index is -0.557. The van der Waals surface area contributed by atoms with Gasteiger partial charge in [-0.15, -0.1) is 0 Å². The number of aryl methyl sites for hydroxylation is 3. The van der Waals surface area contributed by atoms with Crippen molar-refractivity contribution in [1.82, 2.24) is 19.7 Å². The minimum absolute atomic E-state index is 0.0388. The monoisotopic (exact) mass is 275 g/mol. The van der Waals surface area contributed by atoms with Crippen molar-refractivity contribution < 1.29 is 9.53 Å². The zero-order valence-corrected chi connectivity index (χ0v) is 12.0. The SMILES string of the molecule is CCc1nn(C)cc1Nc1cc(C)nc(C(=O)OC)n1. The molecule has 7 heteroatoms. The van der Waals surface area contributed by atoms with Gasteiger partial charge in [-0.2, -0.15) is 5.10 Å². The van der Waals surface area contributed by atoms with Gasteiger partial charge in [0.1, 0.15) is 5.82 Å². The number of rotatable bonds is 4. The normalized spacial score (nSPS) is 10.4. The highest BCUT2D eigenvalue weighted by molar-refractivity contribution is 5.85. The third kappa shape index (κ3) is 2.93. The second-order valence-corrected chi connectivity index (χ2v) is 4.35. The van der Waals surface area contributed by atoms with E-state index in [0.29, 0.717) is 11.5 Å². The summed E-state index contributed by atoms with van der Waals surface area (Å²) in [5, 5.41) is 7.50. The van der Waals surface area contributed by atoms with Gasteiger partial charge in [0.15, 0.2) is 0 Å². The van der Waals surface area contributed by atoms with Crippen molar-refractivity contribution in [3.8, 4) is 0 Å². The average Bonchev–Trinajstić information content (AvgIpc) is 2.77. The molecule has 0 atom stereocenters. The van der Waals surface area contributed by atoms with Crippen LogP contribution in [0.4, 0.5) is 11.5 Å². The zero-order valence-electron chi connectivity index (χ0n) is 12.0. The molecule has 7 nitrogen and oxygen atoms in total. The van der Waals surface area contributed by atoms with Crippen LogP contribution in [0.15, 0.2) is 12.3 Å². The van der Waals surface area contributed by atoms with Crippen LogP contribution in [0, 0.1) is 6.92 Å². The number of carbonyl (C=O) groups is 1. The Morgan fingerprint density at radius 1 is 1.45 bits per heavy atom. The number of methoxy groups -OCH3 is 1. The summed E-state index contributed by atoms with van der Waals surface area (Å²) < 4.78 is 6.37. The van der Waals surface area contributed by atoms with Gasteiger partial charge >= 0.3 is 5.97 Å². The average molecular weight is 275 g/mol. The molecule has 2 aromatic heterocycles. The number of esters is 1. The number of carbonyl (C=O) groups excluding carboxylic acids is 1. The Balaban J connectivity index is 2.33. The van der Waals surface area contributed by atoms with Crippen LogP contribution >= 0.6 is 0 Å². The van der Waals surface area contributed by atoms with Crippen molar-refractivity contribution in [2.75, 3.05) is 12.4 Å². The summed E-state index contributed by atoms with van der Waals surface area (Å²) in [6.07, 6.45) is 2.67. The maximum absolute atomic E-state index is 11.5. The third-order valence-corrected chi connectivity index (χ3v) is 2.73. The lowest BCUT2D eigenvalue weighted by molar-refractivity contribution is 0.0586. The molecule has 0 amide bonds. The van der Waals surface area contributed by atoms with Gasteiger partial charge in [-0.25, -0.2) is 14.8 Å². The predicted octanol–water partition coefficient (Wildman–Crippen LogP) is 1.61. The van der Waals surface area contributed by atoms with E-state index in [9.17, 15) is 4.79 Å². The van der Waals surface area contributed by atoms with E-state index in [0.717, 1.165) is 17.8 Å². The predicted molar refractivity (Wildman–Crippen MR) is 74.0 cm³/mol. The van der Waals surface area contributed by atoms with E-state index < -0.39 is 5.97 Å². The van der Waals surface area contributed by atoms with Crippen LogP contribution in [0.2, 0.25) is 0 Å². The summed E-state index contributed by atoms with van der Waals surface area (Å²) in [6, 6.07) is 1.76. The molecule has 2 aromatic rings. The Morgan fingerprint density at radius 3 is 2.85 bits per heavy atom. The molecule has 0 aromatic carbocycles. The molecule has 0 aliphatic carbocycles. The highest BCUT2D eigenvalue weighted by atomic mass is 16.5. The van der Waals surface area contributed by atoms with Gasteiger partial charge < -0.3 is 10.1 Å². The van der Waals surface area contributed by atoms with E-state index in [1.807, 2.05) is 20.2 Å². The molecule has 106 valence electrons. The lowest BCUT2D eigenvalue weighted by Crippen LogP contribution is -2.10. The lowest BCUT2D eigenvalue weighted by Gasteiger charge is -2.07. The summed E-state index contributed by atoms with van der Waals surface area (Å²) in [6.45, 7) is 3.82. The van der Waals surface area contributed by atoms with E-state index in [-0.39, 0.29) is 5.82 Å². The Kier molecular flexibility index (Phi) is 3.97. The quantitative estimate of drug-likeness (QED) is 0.854. The topological polar surface area (TPSA) is 81.9 Å². The van der Waals surface area contributed by atoms with Gasteiger partial charge in [0.05, 0.1) is 18.5 Å². The summed E-state index contributed by atoms with van der Waals surface area (Å²) in [7, 11) is 3.16. The van der Waals surface area contributed by atoms with Gasteiger partial charge in [-0.3, -0.25) is 4.68 Å². The number of anilines is 2. The maximum atomic E-state index is 11.5. The standard InChI is InChI=1S/C13H17N5O2/c1-5-9-10(7-18(3)17-9)15-11-6-8(2)14-12(16-11)13(19)20-4/h6-7H,5H2,1-4H3,(H,14,15,16). The van der Waals surface area contributed by atoms with Crippen LogP contribution in [0.1, 0.15) is 28.9 Å². The van der Waals surface area contributed by atoms with Crippen LogP contribution < -0.4 is 5.32 Å². The molecule has 0 fully saturated rings. The summed E-state index contributed by atoms with van der Waals surface area (Å²) >= 11 is 0. The molecular weight excluding hydrogens is 258 g/mol.